The van der Waals surface area contributed by atoms with Crippen molar-refractivity contribution >= 4 is 334 Å². The summed E-state index contributed by atoms with van der Waals surface area (Å²) in [5.41, 5.74) is 18.7. The largest absolute Gasteiger partial charge is 0.480 e. The van der Waals surface area contributed by atoms with E-state index < -0.39 is 32.7 Å². The third-order valence-electron chi connectivity index (χ3n) is 20.7. The fourth-order valence-corrected chi connectivity index (χ4v) is 23.6. The average molecular weight is 2700 g/mol. The minimum Gasteiger partial charge on any atom is -0.480 e. The normalized spacial score (nSPS) is 24.6. The summed E-state index contributed by atoms with van der Waals surface area (Å²) in [6.45, 7) is 0. The van der Waals surface area contributed by atoms with Gasteiger partial charge in [0.15, 0.2) is 8.65 Å². The number of carbonyl (C=O) groups is 2. The molecule has 8 aromatic carbocycles. The Bertz CT molecular complexity index is 6430. The van der Waals surface area contributed by atoms with E-state index in [1.54, 1.807) is 0 Å². The van der Waals surface area contributed by atoms with E-state index in [9.17, 15) is 19.8 Å². The first-order valence-corrected chi connectivity index (χ1v) is 48.4. The van der Waals surface area contributed by atoms with E-state index >= 15 is 0 Å². The summed E-state index contributed by atoms with van der Waals surface area (Å²) < 4.78 is 6.04. The van der Waals surface area contributed by atoms with Crippen LogP contribution < -0.4 is 32.0 Å². The Kier molecular flexibility index (Phi) is 26.3. The molecule has 0 saturated heterocycles. The number of aliphatic carboxylic acids is 2. The smallest absolute Gasteiger partial charge is 0.328 e. The van der Waals surface area contributed by atoms with Gasteiger partial charge in [-0.25, -0.2) is 20.0 Å². The zero-order chi connectivity index (χ0) is 82.7. The Hall–Kier alpha value is -4.98. The van der Waals surface area contributed by atoms with Gasteiger partial charge in [-0.15, -0.1) is 0 Å². The molecule has 2 aromatic heterocycles. The maximum Gasteiger partial charge on any atom is 0.328 e. The van der Waals surface area contributed by atoms with Crippen molar-refractivity contribution in [2.75, 3.05) is 0 Å². The number of fused-ring (bicyclic) bond motifs is 12. The number of rotatable bonds is 10. The number of aromatic nitrogens is 2. The van der Waals surface area contributed by atoms with Crippen LogP contribution in [0.25, 0.3) is 44.6 Å². The van der Waals surface area contributed by atoms with Crippen LogP contribution in [0.5, 0.6) is 0 Å². The van der Waals surface area contributed by atoms with Gasteiger partial charge in [-0.3, -0.25) is 9.59 Å². The second-order valence-electron chi connectivity index (χ2n) is 27.3. The molecule has 6 N–H and O–H groups in total. The van der Waals surface area contributed by atoms with Crippen LogP contribution >= 0.6 is 255 Å². The van der Waals surface area contributed by atoms with Crippen LogP contribution in [-0.2, 0) is 36.9 Å². The van der Waals surface area contributed by atoms with Crippen LogP contribution in [0.2, 0.25) is 0 Å². The average Bonchev–Trinajstić information content (AvgIpc) is 1.56. The summed E-state index contributed by atoms with van der Waals surface area (Å²) in [5.74, 6) is -2.20. The third-order valence-corrected chi connectivity index (χ3v) is 38.8. The number of aromatic amines is 2. The number of halogens is 16. The molecule has 0 radical (unpaired) electrons. The number of benzene rings is 8. The van der Waals surface area contributed by atoms with E-state index in [-0.39, 0.29) is 27.3 Å². The van der Waals surface area contributed by atoms with E-state index in [1.165, 1.54) is 0 Å². The minimum atomic E-state index is -1.71. The molecule has 18 rings (SSSR count). The Balaban J connectivity index is 0.000000176. The van der Waals surface area contributed by atoms with E-state index in [0.717, 1.165) is 115 Å². The first-order chi connectivity index (χ1) is 56.9. The first-order valence-electron chi connectivity index (χ1n) is 35.7. The second kappa shape index (κ2) is 35.8. The molecule has 29 heteroatoms. The van der Waals surface area contributed by atoms with E-state index in [2.05, 4.69) is 300 Å². The van der Waals surface area contributed by atoms with Crippen molar-refractivity contribution in [1.29, 1.82) is 0 Å². The number of carboxylic acid groups (broad SMARTS) is 2. The summed E-state index contributed by atoms with van der Waals surface area (Å²) >= 11 is 63.0. The third kappa shape index (κ3) is 15.2. The molecule has 4 unspecified atom stereocenters. The number of allylic oxidation sites excluding steroid dienone is 10. The fourth-order valence-electron chi connectivity index (χ4n) is 15.3. The Morgan fingerprint density at radius 1 is 0.277 bits per heavy atom. The Morgan fingerprint density at radius 3 is 0.689 bits per heavy atom. The molecule has 119 heavy (non-hydrogen) atoms. The number of hydrogen-bond acceptors (Lipinski definition) is 8. The van der Waals surface area contributed by atoms with Gasteiger partial charge in [0.2, 0.25) is 0 Å². The number of nitrogens with zero attached hydrogens (tertiary/aromatic N) is 4. The minimum absolute atomic E-state index is 0. The standard InChI is InChI=1S/2C45H24Br8N4O2.Cd/c2*46-29-30(47)36-26(22-15-7-2-8-16-22)38-33(50)34(51)40(56-38)28(24-19-11-4-12-20-24)43-45(53,44(58)59)42(52)41(57-43)27(23-17-9-3-10-18-23)39-32(49)31(48)37(55-39)25(35(29)54-36)21-13-5-1-6-14-21;/h2*1-20,43,54,57H,(H,58,59);/b2*35-25-,36-26-,39-27-,40-28-;. The molecule has 0 aliphatic carbocycles. The molecule has 8 aliphatic heterocycles. The number of H-pyrrole nitrogens is 2. The van der Waals surface area contributed by atoms with Gasteiger partial charge in [-0.05, 0) is 236 Å². The van der Waals surface area contributed by atoms with Gasteiger partial charge in [-0.1, -0.05) is 306 Å². The topological polar surface area (TPSA) is 180 Å². The van der Waals surface area contributed by atoms with E-state index in [1.807, 2.05) is 218 Å². The number of hydrogen-bond donors (Lipinski definition) is 6. The molecule has 0 spiro atoms. The molecule has 0 saturated carbocycles. The van der Waals surface area contributed by atoms with E-state index in [4.69, 9.17) is 20.0 Å². The van der Waals surface area contributed by atoms with Gasteiger partial charge < -0.3 is 30.8 Å². The zero-order valence-corrected chi connectivity index (χ0v) is 89.9. The quantitative estimate of drug-likeness (QED) is 0.0586. The molecule has 10 aromatic rings. The van der Waals surface area contributed by atoms with Gasteiger partial charge in [-0.2, -0.15) is 0 Å². The summed E-state index contributed by atoms with van der Waals surface area (Å²) in [6, 6.07) is 77.7. The van der Waals surface area contributed by atoms with Crippen molar-refractivity contribution in [2.45, 2.75) is 20.7 Å². The molecule has 4 atom stereocenters. The fraction of sp³-hybridized carbons (Fsp3) is 0.0444. The molecule has 0 fully saturated rings. The summed E-state index contributed by atoms with van der Waals surface area (Å²) in [6.07, 6.45) is 0. The molecule has 0 amide bonds. The van der Waals surface area contributed by atoms with Crippen molar-refractivity contribution in [1.82, 2.24) is 20.6 Å². The van der Waals surface area contributed by atoms with Crippen molar-refractivity contribution in [2.24, 2.45) is 20.0 Å². The van der Waals surface area contributed by atoms with Crippen LogP contribution in [0.4, 0.5) is 0 Å². The Morgan fingerprint density at radius 2 is 0.471 bits per heavy atom. The van der Waals surface area contributed by atoms with Crippen LogP contribution in [0.15, 0.2) is 360 Å². The van der Waals surface area contributed by atoms with Gasteiger partial charge in [0.05, 0.1) is 144 Å². The molecule has 16 bridgehead atoms. The summed E-state index contributed by atoms with van der Waals surface area (Å²) in [7, 11) is 0. The van der Waals surface area contributed by atoms with Crippen LogP contribution in [0.1, 0.15) is 44.5 Å². The van der Waals surface area contributed by atoms with Gasteiger partial charge >= 0.3 is 11.9 Å². The van der Waals surface area contributed by atoms with Gasteiger partial charge in [0.1, 0.15) is 0 Å². The monoisotopic (exact) mass is 2680 g/mol. The molecule has 12 nitrogen and oxygen atoms in total. The number of carboxylic acids is 2. The van der Waals surface area contributed by atoms with E-state index in [0.29, 0.717) is 115 Å². The number of aliphatic imine (C=N–C) groups is 4. The molecule has 10 heterocycles. The SMILES string of the molecule is O=C(O)C1(Br)C(Br)=C2NC1/C(c1ccccc1)=C1N=C(C(Br)=C\1Br)/C(c1ccccc1)=c1\[nH]/c(c(Br)c1Br)=C(/c1ccccc1)C1=N/C(=C\2c2ccccc2)C(Br)=C1Br.O=C(O)C1(Br)C(Br)=C2NC1/C(c1ccccc1)=C1N=C(C(Br)=C\1Br)/C(c1ccccc1)=c1\[nH]/c(c(Br)c1Br)=C(/c1ccccc1)C1=N/C(=C\2c2ccccc2)C(Br)=C1Br.[Cd]. The van der Waals surface area contributed by atoms with Crippen LogP contribution in [0, 0.1) is 0 Å². The van der Waals surface area contributed by atoms with Gasteiger partial charge in [0, 0.05) is 80.8 Å². The number of alkyl halides is 2. The molecule has 8 aliphatic rings. The van der Waals surface area contributed by atoms with Crippen molar-refractivity contribution in [3.05, 3.63) is 405 Å². The molecule has 586 valence electrons. The van der Waals surface area contributed by atoms with Crippen molar-refractivity contribution in [3.63, 3.8) is 0 Å². The summed E-state index contributed by atoms with van der Waals surface area (Å²) in [4.78, 5) is 57.3. The predicted octanol–water partition coefficient (Wildman–Crippen LogP) is 25.0. The van der Waals surface area contributed by atoms with Crippen molar-refractivity contribution in [3.8, 4) is 0 Å². The van der Waals surface area contributed by atoms with Crippen LogP contribution in [0.3, 0.4) is 0 Å². The first kappa shape index (κ1) is 87.5. The van der Waals surface area contributed by atoms with Crippen molar-refractivity contribution < 1.29 is 47.1 Å². The zero-order valence-electron chi connectivity index (χ0n) is 60.5. The Labute approximate surface area is 836 Å². The maximum absolute atomic E-state index is 13.9. The maximum atomic E-state index is 13.9. The second-order valence-corrected chi connectivity index (χ2v) is 40.9. The molecular formula is C90H48Br16CdN8O4. The predicted molar refractivity (Wildman–Crippen MR) is 534 cm³/mol. The van der Waals surface area contributed by atoms with Gasteiger partial charge in [0.25, 0.3) is 0 Å². The summed E-state index contributed by atoms with van der Waals surface area (Å²) in [5, 5.41) is 33.3. The number of nitrogens with one attached hydrogen (secondary N) is 4. The molecular weight excluding hydrogens is 2650 g/mol. The van der Waals surface area contributed by atoms with Crippen LogP contribution in [-0.4, -0.2) is 75.7 Å².